The Kier molecular flexibility index (Phi) is 5.68. The maximum absolute atomic E-state index is 12.3. The number of methoxy groups -OCH3 is 1. The molecule has 0 aromatic heterocycles. The van der Waals surface area contributed by atoms with Gasteiger partial charge in [-0.15, -0.1) is 0 Å². The molecule has 1 aromatic carbocycles. The van der Waals surface area contributed by atoms with E-state index in [1.807, 2.05) is 0 Å². The Morgan fingerprint density at radius 1 is 1.26 bits per heavy atom. The molecule has 1 fully saturated rings. The van der Waals surface area contributed by atoms with E-state index in [4.69, 9.17) is 4.74 Å². The predicted molar refractivity (Wildman–Crippen MR) is 90.0 cm³/mol. The molecule has 2 atom stereocenters. The van der Waals surface area contributed by atoms with Crippen LogP contribution in [-0.4, -0.2) is 45.2 Å². The molecule has 0 radical (unpaired) electrons. The van der Waals surface area contributed by atoms with Gasteiger partial charge in [0.05, 0.1) is 12.9 Å². The van der Waals surface area contributed by atoms with Gasteiger partial charge in [0.15, 0.2) is 9.84 Å². The molecular weight excluding hydrogens is 314 g/mol. The van der Waals surface area contributed by atoms with Crippen LogP contribution in [0, 0.1) is 11.8 Å². The Morgan fingerprint density at radius 2 is 1.91 bits per heavy atom. The zero-order valence-electron chi connectivity index (χ0n) is 14.0. The molecule has 0 N–H and O–H groups in total. The largest absolute Gasteiger partial charge is 0.497 e. The molecule has 1 aliphatic heterocycles. The molecule has 1 amide bonds. The van der Waals surface area contributed by atoms with Gasteiger partial charge in [0.1, 0.15) is 11.5 Å². The van der Waals surface area contributed by atoms with Crippen molar-refractivity contribution in [1.82, 2.24) is 4.90 Å². The molecule has 1 aromatic rings. The highest BCUT2D eigenvalue weighted by atomic mass is 32.2. The molecule has 0 bridgehead atoms. The minimum absolute atomic E-state index is 0.144. The third kappa shape index (κ3) is 5.23. The first kappa shape index (κ1) is 17.8. The van der Waals surface area contributed by atoms with Gasteiger partial charge in [0.25, 0.3) is 0 Å². The summed E-state index contributed by atoms with van der Waals surface area (Å²) in [5.41, 5.74) is 0.637. The van der Waals surface area contributed by atoms with E-state index in [-0.39, 0.29) is 11.7 Å². The Labute approximate surface area is 138 Å². The molecule has 1 aliphatic rings. The molecular formula is C17H25NO4S. The number of piperidine rings is 1. The van der Waals surface area contributed by atoms with Gasteiger partial charge in [-0.1, -0.05) is 26.0 Å². The van der Waals surface area contributed by atoms with Crippen molar-refractivity contribution in [2.75, 3.05) is 26.0 Å². The number of hydrogen-bond acceptors (Lipinski definition) is 4. The summed E-state index contributed by atoms with van der Waals surface area (Å²) in [6, 6.07) is 6.93. The third-order valence-electron chi connectivity index (χ3n) is 4.09. The minimum atomic E-state index is -3.49. The zero-order chi connectivity index (χ0) is 17.0. The summed E-state index contributed by atoms with van der Waals surface area (Å²) >= 11 is 0. The number of sulfone groups is 1. The average Bonchev–Trinajstić information content (AvgIpc) is 2.45. The average molecular weight is 339 g/mol. The summed E-state index contributed by atoms with van der Waals surface area (Å²) in [4.78, 5) is 14.0. The Bertz CT molecular complexity index is 646. The first-order valence-corrected chi connectivity index (χ1v) is 9.72. The van der Waals surface area contributed by atoms with Crippen LogP contribution in [0.1, 0.15) is 25.8 Å². The van der Waals surface area contributed by atoms with Crippen molar-refractivity contribution < 1.29 is 17.9 Å². The monoisotopic (exact) mass is 339 g/mol. The lowest BCUT2D eigenvalue weighted by Crippen LogP contribution is -2.45. The van der Waals surface area contributed by atoms with Crippen LogP contribution in [0.15, 0.2) is 24.3 Å². The molecule has 0 saturated carbocycles. The topological polar surface area (TPSA) is 63.7 Å². The molecule has 0 unspecified atom stereocenters. The van der Waals surface area contributed by atoms with E-state index < -0.39 is 15.6 Å². The van der Waals surface area contributed by atoms with Crippen molar-refractivity contribution in [2.45, 2.75) is 26.0 Å². The highest BCUT2D eigenvalue weighted by molar-refractivity contribution is 7.91. The van der Waals surface area contributed by atoms with Gasteiger partial charge in [-0.25, -0.2) is 8.42 Å². The second kappa shape index (κ2) is 7.34. The maximum atomic E-state index is 12.3. The third-order valence-corrected chi connectivity index (χ3v) is 5.55. The van der Waals surface area contributed by atoms with Crippen molar-refractivity contribution in [2.24, 2.45) is 11.8 Å². The molecule has 2 rings (SSSR count). The fourth-order valence-corrected chi connectivity index (χ4v) is 4.56. The second-order valence-electron chi connectivity index (χ2n) is 6.63. The lowest BCUT2D eigenvalue weighted by atomic mass is 9.92. The highest BCUT2D eigenvalue weighted by Crippen LogP contribution is 2.21. The van der Waals surface area contributed by atoms with Crippen molar-refractivity contribution >= 4 is 15.7 Å². The van der Waals surface area contributed by atoms with Gasteiger partial charge >= 0.3 is 0 Å². The van der Waals surface area contributed by atoms with Crippen molar-refractivity contribution in [1.29, 1.82) is 0 Å². The van der Waals surface area contributed by atoms with Gasteiger partial charge in [-0.3, -0.25) is 4.79 Å². The number of carbonyl (C=O) groups is 1. The number of nitrogens with zero attached hydrogens (tertiary/aromatic N) is 1. The molecule has 1 saturated heterocycles. The molecule has 0 spiro atoms. The van der Waals surface area contributed by atoms with E-state index in [1.54, 1.807) is 29.2 Å². The Hall–Kier alpha value is -1.56. The van der Waals surface area contributed by atoms with Crippen LogP contribution in [0.3, 0.4) is 0 Å². The van der Waals surface area contributed by atoms with Crippen LogP contribution < -0.4 is 4.74 Å². The van der Waals surface area contributed by atoms with Gasteiger partial charge < -0.3 is 9.64 Å². The SMILES string of the molecule is COc1cccc(CS(=O)(=O)CC(=O)N2C[C@@H](C)C[C@H](C)C2)c1. The molecule has 128 valence electrons. The number of rotatable bonds is 5. The molecule has 0 aliphatic carbocycles. The van der Waals surface area contributed by atoms with Crippen molar-refractivity contribution in [3.63, 3.8) is 0 Å². The van der Waals surface area contributed by atoms with Crippen LogP contribution in [0.4, 0.5) is 0 Å². The van der Waals surface area contributed by atoms with Crippen LogP contribution in [0.5, 0.6) is 5.75 Å². The first-order valence-electron chi connectivity index (χ1n) is 7.90. The molecule has 23 heavy (non-hydrogen) atoms. The maximum Gasteiger partial charge on any atom is 0.237 e. The van der Waals surface area contributed by atoms with Gasteiger partial charge in [-0.05, 0) is 36.0 Å². The van der Waals surface area contributed by atoms with Crippen molar-refractivity contribution in [3.8, 4) is 5.75 Å². The van der Waals surface area contributed by atoms with E-state index in [2.05, 4.69) is 13.8 Å². The van der Waals surface area contributed by atoms with Crippen molar-refractivity contribution in [3.05, 3.63) is 29.8 Å². The normalized spacial score (nSPS) is 22.0. The summed E-state index contributed by atoms with van der Waals surface area (Å²) in [6.45, 7) is 5.50. The summed E-state index contributed by atoms with van der Waals surface area (Å²) in [5, 5.41) is 0. The number of likely N-dealkylation sites (tertiary alicyclic amines) is 1. The smallest absolute Gasteiger partial charge is 0.237 e. The molecule has 1 heterocycles. The van der Waals surface area contributed by atoms with Gasteiger partial charge in [-0.2, -0.15) is 0 Å². The van der Waals surface area contributed by atoms with Gasteiger partial charge in [0, 0.05) is 13.1 Å². The van der Waals surface area contributed by atoms with E-state index >= 15 is 0 Å². The zero-order valence-corrected chi connectivity index (χ0v) is 14.8. The van der Waals surface area contributed by atoms with Crippen LogP contribution in [0.2, 0.25) is 0 Å². The lowest BCUT2D eigenvalue weighted by Gasteiger charge is -2.35. The molecule has 5 nitrogen and oxygen atoms in total. The first-order chi connectivity index (χ1) is 10.8. The minimum Gasteiger partial charge on any atom is -0.497 e. The summed E-state index contributed by atoms with van der Waals surface area (Å²) in [7, 11) is -1.95. The lowest BCUT2D eigenvalue weighted by molar-refractivity contribution is -0.131. The van der Waals surface area contributed by atoms with E-state index in [1.165, 1.54) is 7.11 Å². The summed E-state index contributed by atoms with van der Waals surface area (Å²) in [5.74, 6) is 0.597. The predicted octanol–water partition coefficient (Wildman–Crippen LogP) is 2.11. The number of carbonyl (C=O) groups excluding carboxylic acids is 1. The quantitative estimate of drug-likeness (QED) is 0.824. The van der Waals surface area contributed by atoms with E-state index in [9.17, 15) is 13.2 Å². The van der Waals surface area contributed by atoms with E-state index in [0.717, 1.165) is 6.42 Å². The Balaban J connectivity index is 2.01. The standard InChI is InChI=1S/C17H25NO4S/c1-13-7-14(2)10-18(9-13)17(19)12-23(20,21)11-15-5-4-6-16(8-15)22-3/h4-6,8,13-14H,7,9-12H2,1-3H3/t13-,14-/m0/s1. The van der Waals surface area contributed by atoms with Crippen LogP contribution in [-0.2, 0) is 20.4 Å². The number of benzene rings is 1. The van der Waals surface area contributed by atoms with Gasteiger partial charge in [0.2, 0.25) is 5.91 Å². The summed E-state index contributed by atoms with van der Waals surface area (Å²) in [6.07, 6.45) is 1.08. The number of amides is 1. The fourth-order valence-electron chi connectivity index (χ4n) is 3.21. The second-order valence-corrected chi connectivity index (χ2v) is 8.69. The molecule has 6 heteroatoms. The fraction of sp³-hybridized carbons (Fsp3) is 0.588. The Morgan fingerprint density at radius 3 is 2.52 bits per heavy atom. The highest BCUT2D eigenvalue weighted by Gasteiger charge is 2.28. The van der Waals surface area contributed by atoms with E-state index in [0.29, 0.717) is 36.2 Å². The number of ether oxygens (including phenoxy) is 1. The van der Waals surface area contributed by atoms with Crippen LogP contribution >= 0.6 is 0 Å². The summed E-state index contributed by atoms with van der Waals surface area (Å²) < 4.78 is 29.8. The van der Waals surface area contributed by atoms with Crippen LogP contribution in [0.25, 0.3) is 0 Å². The number of hydrogen-bond donors (Lipinski definition) is 0.